The average Bonchev–Trinajstić information content (AvgIpc) is 2.73. The van der Waals surface area contributed by atoms with Gasteiger partial charge in [-0.25, -0.2) is 0 Å². The molecular weight excluding hydrogens is 244 g/mol. The first-order chi connectivity index (χ1) is 8.87. The summed E-state index contributed by atoms with van der Waals surface area (Å²) in [6.07, 6.45) is 2.42. The Morgan fingerprint density at radius 1 is 1.53 bits per heavy atom. The highest BCUT2D eigenvalue weighted by molar-refractivity contribution is 6.00. The Kier molecular flexibility index (Phi) is 3.34. The Hall–Kier alpha value is -1.85. The van der Waals surface area contributed by atoms with Crippen LogP contribution in [0, 0.1) is 0 Å². The molecule has 0 saturated carbocycles. The molecule has 6 nitrogen and oxygen atoms in total. The molecule has 104 valence electrons. The number of nitrogens with one attached hydrogen (secondary N) is 1. The van der Waals surface area contributed by atoms with E-state index in [2.05, 4.69) is 10.4 Å². The van der Waals surface area contributed by atoms with Crippen LogP contribution in [0.5, 0.6) is 0 Å². The van der Waals surface area contributed by atoms with Crippen LogP contribution in [-0.2, 0) is 18.3 Å². The first-order valence-corrected chi connectivity index (χ1v) is 6.50. The maximum absolute atomic E-state index is 12.6. The Morgan fingerprint density at radius 3 is 2.84 bits per heavy atom. The summed E-state index contributed by atoms with van der Waals surface area (Å²) in [5.41, 5.74) is 0.540. The SMILES string of the molecule is CCc1nn(C)cc1C(=O)N1CCNC(=O)C1(C)C. The fraction of sp³-hybridized carbons (Fsp3) is 0.615. The van der Waals surface area contributed by atoms with Crippen LogP contribution in [0.25, 0.3) is 0 Å². The zero-order valence-electron chi connectivity index (χ0n) is 11.9. The number of piperazine rings is 1. The Labute approximate surface area is 112 Å². The molecule has 0 radical (unpaired) electrons. The molecule has 1 saturated heterocycles. The summed E-state index contributed by atoms with van der Waals surface area (Å²) < 4.78 is 1.64. The van der Waals surface area contributed by atoms with Crippen molar-refractivity contribution in [3.05, 3.63) is 17.5 Å². The zero-order chi connectivity index (χ0) is 14.2. The van der Waals surface area contributed by atoms with E-state index in [9.17, 15) is 9.59 Å². The molecule has 1 aliphatic heterocycles. The predicted octanol–water partition coefficient (Wildman–Crippen LogP) is 0.333. The van der Waals surface area contributed by atoms with E-state index >= 15 is 0 Å². The Balaban J connectivity index is 2.35. The lowest BCUT2D eigenvalue weighted by Gasteiger charge is -2.41. The van der Waals surface area contributed by atoms with Crippen LogP contribution in [0.3, 0.4) is 0 Å². The molecule has 2 rings (SSSR count). The minimum Gasteiger partial charge on any atom is -0.352 e. The zero-order valence-corrected chi connectivity index (χ0v) is 11.9. The second-order valence-electron chi connectivity index (χ2n) is 5.29. The van der Waals surface area contributed by atoms with Crippen molar-refractivity contribution in [3.8, 4) is 0 Å². The molecule has 0 spiro atoms. The number of aromatic nitrogens is 2. The molecule has 0 aliphatic carbocycles. The second-order valence-corrected chi connectivity index (χ2v) is 5.29. The minimum atomic E-state index is -0.823. The normalized spacial score (nSPS) is 18.3. The van der Waals surface area contributed by atoms with Gasteiger partial charge in [-0.2, -0.15) is 5.10 Å². The van der Waals surface area contributed by atoms with Crippen LogP contribution < -0.4 is 5.32 Å². The van der Waals surface area contributed by atoms with E-state index in [0.717, 1.165) is 5.69 Å². The van der Waals surface area contributed by atoms with Gasteiger partial charge in [0, 0.05) is 26.3 Å². The third-order valence-corrected chi connectivity index (χ3v) is 3.57. The Bertz CT molecular complexity index is 519. The van der Waals surface area contributed by atoms with Gasteiger partial charge >= 0.3 is 0 Å². The fourth-order valence-corrected chi connectivity index (χ4v) is 2.37. The highest BCUT2D eigenvalue weighted by Crippen LogP contribution is 2.22. The molecule has 2 heterocycles. The van der Waals surface area contributed by atoms with Crippen LogP contribution in [0.15, 0.2) is 6.20 Å². The molecule has 0 bridgehead atoms. The predicted molar refractivity (Wildman–Crippen MR) is 70.7 cm³/mol. The smallest absolute Gasteiger partial charge is 0.258 e. The summed E-state index contributed by atoms with van der Waals surface area (Å²) in [5.74, 6) is -0.237. The van der Waals surface area contributed by atoms with Gasteiger partial charge in [-0.05, 0) is 20.3 Å². The van der Waals surface area contributed by atoms with Gasteiger partial charge in [-0.1, -0.05) is 6.92 Å². The van der Waals surface area contributed by atoms with Crippen LogP contribution in [-0.4, -0.2) is 45.1 Å². The molecule has 0 atom stereocenters. The molecule has 0 unspecified atom stereocenters. The molecule has 1 aromatic heterocycles. The van der Waals surface area contributed by atoms with Crippen molar-refractivity contribution >= 4 is 11.8 Å². The molecule has 0 aromatic carbocycles. The van der Waals surface area contributed by atoms with Gasteiger partial charge in [-0.3, -0.25) is 14.3 Å². The van der Waals surface area contributed by atoms with Gasteiger partial charge < -0.3 is 10.2 Å². The van der Waals surface area contributed by atoms with Gasteiger partial charge in [0.2, 0.25) is 5.91 Å². The summed E-state index contributed by atoms with van der Waals surface area (Å²) >= 11 is 0. The van der Waals surface area contributed by atoms with Crippen molar-refractivity contribution in [2.24, 2.45) is 7.05 Å². The second kappa shape index (κ2) is 4.68. The lowest BCUT2D eigenvalue weighted by molar-refractivity contribution is -0.133. The standard InChI is InChI=1S/C13H20N4O2/c1-5-10-9(8-16(4)15-10)11(18)17-7-6-14-12(19)13(17,2)3/h8H,5-7H2,1-4H3,(H,14,19). The van der Waals surface area contributed by atoms with E-state index in [4.69, 9.17) is 0 Å². The highest BCUT2D eigenvalue weighted by atomic mass is 16.2. The minimum absolute atomic E-state index is 0.117. The van der Waals surface area contributed by atoms with Crippen molar-refractivity contribution in [3.63, 3.8) is 0 Å². The number of hydrogen-bond acceptors (Lipinski definition) is 3. The topological polar surface area (TPSA) is 67.2 Å². The van der Waals surface area contributed by atoms with E-state index in [0.29, 0.717) is 25.1 Å². The molecule has 1 fully saturated rings. The monoisotopic (exact) mass is 264 g/mol. The molecular formula is C13H20N4O2. The van der Waals surface area contributed by atoms with Crippen molar-refractivity contribution in [2.75, 3.05) is 13.1 Å². The summed E-state index contributed by atoms with van der Waals surface area (Å²) in [6, 6.07) is 0. The van der Waals surface area contributed by atoms with E-state index in [1.165, 1.54) is 0 Å². The molecule has 1 aliphatic rings. The van der Waals surface area contributed by atoms with Crippen LogP contribution >= 0.6 is 0 Å². The van der Waals surface area contributed by atoms with Crippen molar-refractivity contribution in [2.45, 2.75) is 32.7 Å². The van der Waals surface area contributed by atoms with Crippen LogP contribution in [0.1, 0.15) is 36.8 Å². The third kappa shape index (κ3) is 2.22. The summed E-state index contributed by atoms with van der Waals surface area (Å²) in [4.78, 5) is 26.2. The number of carbonyl (C=O) groups is 2. The van der Waals surface area contributed by atoms with Gasteiger partial charge in [0.05, 0.1) is 11.3 Å². The van der Waals surface area contributed by atoms with Gasteiger partial charge in [-0.15, -0.1) is 0 Å². The quantitative estimate of drug-likeness (QED) is 0.837. The van der Waals surface area contributed by atoms with Gasteiger partial charge in [0.15, 0.2) is 0 Å². The fourth-order valence-electron chi connectivity index (χ4n) is 2.37. The first-order valence-electron chi connectivity index (χ1n) is 6.50. The molecule has 2 amide bonds. The molecule has 1 N–H and O–H groups in total. The molecule has 1 aromatic rings. The number of carbonyl (C=O) groups excluding carboxylic acids is 2. The summed E-state index contributed by atoms with van der Waals surface area (Å²) in [5, 5.41) is 7.07. The summed E-state index contributed by atoms with van der Waals surface area (Å²) in [6.45, 7) is 6.52. The molecule has 6 heteroatoms. The Morgan fingerprint density at radius 2 is 2.21 bits per heavy atom. The molecule has 19 heavy (non-hydrogen) atoms. The number of nitrogens with zero attached hydrogens (tertiary/aromatic N) is 3. The first kappa shape index (κ1) is 13.6. The summed E-state index contributed by atoms with van der Waals surface area (Å²) in [7, 11) is 1.80. The lowest BCUT2D eigenvalue weighted by atomic mass is 9.97. The highest BCUT2D eigenvalue weighted by Gasteiger charge is 2.41. The van der Waals surface area contributed by atoms with Crippen molar-refractivity contribution < 1.29 is 9.59 Å². The number of amides is 2. The van der Waals surface area contributed by atoms with E-state index < -0.39 is 5.54 Å². The van der Waals surface area contributed by atoms with E-state index in [-0.39, 0.29) is 11.8 Å². The lowest BCUT2D eigenvalue weighted by Crippen LogP contribution is -2.63. The van der Waals surface area contributed by atoms with Gasteiger partial charge in [0.25, 0.3) is 5.91 Å². The van der Waals surface area contributed by atoms with Crippen LogP contribution in [0.4, 0.5) is 0 Å². The number of aryl methyl sites for hydroxylation is 2. The van der Waals surface area contributed by atoms with Gasteiger partial charge in [0.1, 0.15) is 5.54 Å². The third-order valence-electron chi connectivity index (χ3n) is 3.57. The maximum Gasteiger partial charge on any atom is 0.258 e. The van der Waals surface area contributed by atoms with E-state index in [1.54, 1.807) is 36.7 Å². The van der Waals surface area contributed by atoms with Crippen molar-refractivity contribution in [1.82, 2.24) is 20.0 Å². The maximum atomic E-state index is 12.6. The largest absolute Gasteiger partial charge is 0.352 e. The number of hydrogen-bond donors (Lipinski definition) is 1. The van der Waals surface area contributed by atoms with Crippen LogP contribution in [0.2, 0.25) is 0 Å². The van der Waals surface area contributed by atoms with E-state index in [1.807, 2.05) is 6.92 Å². The number of rotatable bonds is 2. The van der Waals surface area contributed by atoms with Crippen molar-refractivity contribution in [1.29, 1.82) is 0 Å². The average molecular weight is 264 g/mol.